The molecule has 9 atom stereocenters. The van der Waals surface area contributed by atoms with Gasteiger partial charge in [-0.05, 0) is 55.4 Å². The maximum atomic E-state index is 15.2. The highest BCUT2D eigenvalue weighted by atomic mass is 16.6. The third-order valence-corrected chi connectivity index (χ3v) is 11.5. The predicted octanol–water partition coefficient (Wildman–Crippen LogP) is 3.32. The summed E-state index contributed by atoms with van der Waals surface area (Å²) in [5, 5.41) is 24.5. The first kappa shape index (κ1) is 30.9. The van der Waals surface area contributed by atoms with E-state index >= 15 is 4.79 Å². The Balaban J connectivity index is 1.62. The fourth-order valence-electron chi connectivity index (χ4n) is 8.57. The fourth-order valence-corrected chi connectivity index (χ4v) is 8.57. The first-order chi connectivity index (χ1) is 20.6. The molecule has 5 aliphatic rings. The average Bonchev–Trinajstić information content (AvgIpc) is 3.81. The fraction of sp³-hybridized carbons (Fsp3) is 0.647. The molecule has 6 rings (SSSR count). The third kappa shape index (κ3) is 4.24. The van der Waals surface area contributed by atoms with Crippen LogP contribution in [0.5, 0.6) is 0 Å². The maximum Gasteiger partial charge on any atom is 0.338 e. The lowest BCUT2D eigenvalue weighted by atomic mass is 9.43. The number of rotatable bonds is 5. The summed E-state index contributed by atoms with van der Waals surface area (Å²) in [4.78, 5) is 55.0. The van der Waals surface area contributed by atoms with E-state index in [-0.39, 0.29) is 24.5 Å². The van der Waals surface area contributed by atoms with Gasteiger partial charge in [-0.15, -0.1) is 0 Å². The van der Waals surface area contributed by atoms with Crippen molar-refractivity contribution in [3.63, 3.8) is 0 Å². The molecule has 44 heavy (non-hydrogen) atoms. The van der Waals surface area contributed by atoms with Crippen LogP contribution in [-0.4, -0.2) is 76.1 Å². The molecule has 2 N–H and O–H groups in total. The van der Waals surface area contributed by atoms with E-state index in [0.29, 0.717) is 30.4 Å². The van der Waals surface area contributed by atoms with Gasteiger partial charge in [0.15, 0.2) is 17.5 Å². The topological polar surface area (TPSA) is 146 Å². The molecule has 4 aliphatic carbocycles. The van der Waals surface area contributed by atoms with Crippen molar-refractivity contribution in [3.8, 4) is 0 Å². The van der Waals surface area contributed by atoms with E-state index in [1.165, 1.54) is 6.92 Å². The van der Waals surface area contributed by atoms with E-state index in [1.807, 2.05) is 6.92 Å². The molecule has 10 nitrogen and oxygen atoms in total. The van der Waals surface area contributed by atoms with Gasteiger partial charge < -0.3 is 29.2 Å². The van der Waals surface area contributed by atoms with Crippen LogP contribution in [-0.2, 0) is 33.3 Å². The van der Waals surface area contributed by atoms with Gasteiger partial charge >= 0.3 is 17.9 Å². The molecule has 1 unspecified atom stereocenters. The zero-order chi connectivity index (χ0) is 32.0. The molecular formula is C34H42O10. The number of carbonyl (C=O) groups is 4. The van der Waals surface area contributed by atoms with Crippen LogP contribution >= 0.6 is 0 Å². The molecule has 1 saturated heterocycles. The largest absolute Gasteiger partial charge is 0.455 e. The Labute approximate surface area is 257 Å². The monoisotopic (exact) mass is 610 g/mol. The molecule has 1 heterocycles. The van der Waals surface area contributed by atoms with E-state index in [1.54, 1.807) is 58.0 Å². The molecule has 3 saturated carbocycles. The molecule has 0 amide bonds. The Morgan fingerprint density at radius 2 is 1.70 bits per heavy atom. The number of aliphatic hydroxyl groups excluding tert-OH is 1. The number of hydrogen-bond acceptors (Lipinski definition) is 10. The summed E-state index contributed by atoms with van der Waals surface area (Å²) in [6, 6.07) is 8.31. The van der Waals surface area contributed by atoms with Crippen LogP contribution in [0.2, 0.25) is 0 Å². The van der Waals surface area contributed by atoms with Crippen LogP contribution in [0.4, 0.5) is 0 Å². The summed E-state index contributed by atoms with van der Waals surface area (Å²) in [6.07, 6.45) is -3.28. The highest BCUT2D eigenvalue weighted by Crippen LogP contribution is 2.65. The third-order valence-electron chi connectivity index (χ3n) is 11.5. The maximum absolute atomic E-state index is 15.2. The summed E-state index contributed by atoms with van der Waals surface area (Å²) in [7, 11) is 0. The highest BCUT2D eigenvalue weighted by molar-refractivity contribution is 5.95. The molecule has 0 radical (unpaired) electrons. The molecular weight excluding hydrogens is 568 g/mol. The molecule has 1 aliphatic heterocycles. The number of aliphatic hydroxyl groups is 2. The number of carbonyl (C=O) groups excluding carboxylic acids is 4. The van der Waals surface area contributed by atoms with Gasteiger partial charge in [0.2, 0.25) is 0 Å². The first-order valence-corrected chi connectivity index (χ1v) is 15.5. The minimum atomic E-state index is -1.99. The smallest absolute Gasteiger partial charge is 0.338 e. The van der Waals surface area contributed by atoms with Crippen LogP contribution in [0.1, 0.15) is 77.6 Å². The minimum Gasteiger partial charge on any atom is -0.455 e. The van der Waals surface area contributed by atoms with Crippen LogP contribution in [0.3, 0.4) is 0 Å². The molecule has 1 aromatic carbocycles. The van der Waals surface area contributed by atoms with Crippen molar-refractivity contribution in [2.24, 2.45) is 28.6 Å². The molecule has 2 bridgehead atoms. The van der Waals surface area contributed by atoms with Gasteiger partial charge in [-0.2, -0.15) is 0 Å². The summed E-state index contributed by atoms with van der Waals surface area (Å²) in [5.74, 6) is -4.14. The quantitative estimate of drug-likeness (QED) is 0.289. The SMILES string of the molecule is CC(=O)O[C@@]12CO[C@@H]1C[C@H](C)[C@@]1(C)C(=O)[C@H](OC(=O)C3CC3)C3=C(C)[C@@H](O)C[C@@](O)([C@@H](OC(=O)c4ccccc4)C12)C3(C)C. The second-order valence-electron chi connectivity index (χ2n) is 14.3. The number of benzene rings is 1. The average molecular weight is 611 g/mol. The lowest BCUT2D eigenvalue weighted by molar-refractivity contribution is -0.340. The minimum absolute atomic E-state index is 0.0792. The molecule has 4 fully saturated rings. The van der Waals surface area contributed by atoms with Crippen molar-refractivity contribution in [1.29, 1.82) is 0 Å². The van der Waals surface area contributed by atoms with Gasteiger partial charge in [-0.3, -0.25) is 14.4 Å². The molecule has 238 valence electrons. The van der Waals surface area contributed by atoms with Crippen LogP contribution in [0, 0.1) is 28.6 Å². The van der Waals surface area contributed by atoms with E-state index < -0.39 is 82.0 Å². The normalized spacial score (nSPS) is 40.8. The Morgan fingerprint density at radius 1 is 1.05 bits per heavy atom. The number of ketones is 1. The zero-order valence-electron chi connectivity index (χ0n) is 26.1. The van der Waals surface area contributed by atoms with E-state index in [2.05, 4.69) is 0 Å². The van der Waals surface area contributed by atoms with Crippen molar-refractivity contribution in [2.45, 2.75) is 103 Å². The lowest BCUT2D eigenvalue weighted by Crippen LogP contribution is -2.80. The molecule has 0 spiro atoms. The van der Waals surface area contributed by atoms with Gasteiger partial charge in [0.05, 0.1) is 30.1 Å². The highest BCUT2D eigenvalue weighted by Gasteiger charge is 2.77. The van der Waals surface area contributed by atoms with Gasteiger partial charge in [0, 0.05) is 24.2 Å². The van der Waals surface area contributed by atoms with Crippen LogP contribution in [0.15, 0.2) is 41.5 Å². The second-order valence-corrected chi connectivity index (χ2v) is 14.3. The van der Waals surface area contributed by atoms with E-state index in [0.717, 1.165) is 0 Å². The van der Waals surface area contributed by atoms with Gasteiger partial charge in [-0.25, -0.2) is 4.79 Å². The van der Waals surface area contributed by atoms with Gasteiger partial charge in [-0.1, -0.05) is 45.9 Å². The summed E-state index contributed by atoms with van der Waals surface area (Å²) >= 11 is 0. The number of hydrogen-bond donors (Lipinski definition) is 2. The number of fused-ring (bicyclic) bond motifs is 5. The Bertz CT molecular complexity index is 1430. The van der Waals surface area contributed by atoms with Gasteiger partial charge in [0.25, 0.3) is 0 Å². The van der Waals surface area contributed by atoms with Crippen molar-refractivity contribution < 1.29 is 48.3 Å². The van der Waals surface area contributed by atoms with Crippen molar-refractivity contribution in [3.05, 3.63) is 47.0 Å². The summed E-state index contributed by atoms with van der Waals surface area (Å²) in [5.41, 5.74) is -5.23. The van der Waals surface area contributed by atoms with E-state index in [9.17, 15) is 24.6 Å². The standard InChI is InChI=1S/C34H42O10/c1-17-14-23-33(16-41-23,44-19(3)35)26-28(43-30(39)20-10-8-7-9-11-20)34(40)15-22(36)18(2)24(31(34,4)5)25(27(37)32(17,26)6)42-29(38)21-12-13-21/h7-11,17,21-23,25-26,28,36,40H,12-16H2,1-6H3/t17-,22-,23+,25+,26?,28-,32+,33-,34+/m0/s1. The molecule has 1 aromatic rings. The number of esters is 3. The van der Waals surface area contributed by atoms with E-state index in [4.69, 9.17) is 18.9 Å². The van der Waals surface area contributed by atoms with Crippen LogP contribution < -0.4 is 0 Å². The molecule has 10 heteroatoms. The second kappa shape index (κ2) is 10.2. The first-order valence-electron chi connectivity index (χ1n) is 15.5. The molecule has 0 aromatic heterocycles. The lowest BCUT2D eigenvalue weighted by Gasteiger charge is -2.68. The summed E-state index contributed by atoms with van der Waals surface area (Å²) in [6.45, 7) is 9.91. The number of Topliss-reactive ketones (excluding diaryl/α,β-unsaturated/α-hetero) is 1. The summed E-state index contributed by atoms with van der Waals surface area (Å²) < 4.78 is 24.5. The van der Waals surface area contributed by atoms with Crippen molar-refractivity contribution in [2.75, 3.05) is 6.61 Å². The van der Waals surface area contributed by atoms with Gasteiger partial charge in [0.1, 0.15) is 17.8 Å². The van der Waals surface area contributed by atoms with Crippen molar-refractivity contribution in [1.82, 2.24) is 0 Å². The predicted molar refractivity (Wildman–Crippen MR) is 155 cm³/mol. The zero-order valence-corrected chi connectivity index (χ0v) is 26.1. The Kier molecular flexibility index (Phi) is 7.18. The van der Waals surface area contributed by atoms with Crippen molar-refractivity contribution >= 4 is 23.7 Å². The Morgan fingerprint density at radius 3 is 2.27 bits per heavy atom. The Hall–Kier alpha value is -3.08. The number of ether oxygens (including phenoxy) is 4. The van der Waals surface area contributed by atoms with Crippen LogP contribution in [0.25, 0.3) is 0 Å².